The molecular weight excluding hydrogens is 176 g/mol. The Morgan fingerprint density at radius 1 is 1.33 bits per heavy atom. The second-order valence-electron chi connectivity index (χ2n) is 2.64. The summed E-state index contributed by atoms with van der Waals surface area (Å²) < 4.78 is 0. The van der Waals surface area contributed by atoms with Crippen molar-refractivity contribution in [3.8, 4) is 0 Å². The van der Waals surface area contributed by atoms with E-state index in [-0.39, 0.29) is 5.91 Å². The lowest BCUT2D eigenvalue weighted by molar-refractivity contribution is -0.121. The zero-order chi connectivity index (χ0) is 9.23. The van der Waals surface area contributed by atoms with Gasteiger partial charge in [0.15, 0.2) is 0 Å². The molecule has 0 aromatic heterocycles. The molecule has 0 aromatic carbocycles. The predicted molar refractivity (Wildman–Crippen MR) is 51.3 cm³/mol. The van der Waals surface area contributed by atoms with Gasteiger partial charge in [0.25, 0.3) is 0 Å². The topological polar surface area (TPSA) is 55.1 Å². The number of alkyl halides is 1. The van der Waals surface area contributed by atoms with Gasteiger partial charge in [0.05, 0.1) is 0 Å². The van der Waals surface area contributed by atoms with Crippen LogP contribution < -0.4 is 11.1 Å². The largest absolute Gasteiger partial charge is 0.356 e. The summed E-state index contributed by atoms with van der Waals surface area (Å²) in [6.45, 7) is 1.32. The molecule has 0 atom stereocenters. The van der Waals surface area contributed by atoms with Crippen LogP contribution >= 0.6 is 11.6 Å². The molecule has 0 heterocycles. The van der Waals surface area contributed by atoms with Crippen molar-refractivity contribution in [1.29, 1.82) is 0 Å². The van der Waals surface area contributed by atoms with Gasteiger partial charge in [0.2, 0.25) is 5.91 Å². The summed E-state index contributed by atoms with van der Waals surface area (Å²) in [6, 6.07) is 0. The van der Waals surface area contributed by atoms with E-state index >= 15 is 0 Å². The molecule has 0 aliphatic rings. The van der Waals surface area contributed by atoms with E-state index in [4.69, 9.17) is 17.3 Å². The Bertz CT molecular complexity index is 108. The minimum atomic E-state index is 0.105. The van der Waals surface area contributed by atoms with E-state index in [0.29, 0.717) is 25.4 Å². The van der Waals surface area contributed by atoms with Crippen molar-refractivity contribution < 1.29 is 4.79 Å². The fourth-order valence-electron chi connectivity index (χ4n) is 0.798. The van der Waals surface area contributed by atoms with Crippen molar-refractivity contribution in [2.75, 3.05) is 19.0 Å². The van der Waals surface area contributed by atoms with Gasteiger partial charge < -0.3 is 11.1 Å². The van der Waals surface area contributed by atoms with Crippen LogP contribution in [0.5, 0.6) is 0 Å². The van der Waals surface area contributed by atoms with Gasteiger partial charge in [-0.3, -0.25) is 4.79 Å². The number of carbonyl (C=O) groups excluding carboxylic acids is 1. The minimum Gasteiger partial charge on any atom is -0.356 e. The average molecular weight is 193 g/mol. The van der Waals surface area contributed by atoms with E-state index in [1.807, 2.05) is 0 Å². The third kappa shape index (κ3) is 7.82. The molecule has 0 spiro atoms. The molecule has 0 fully saturated rings. The van der Waals surface area contributed by atoms with Gasteiger partial charge >= 0.3 is 0 Å². The van der Waals surface area contributed by atoms with Crippen LogP contribution in [0.3, 0.4) is 0 Å². The van der Waals surface area contributed by atoms with Crippen molar-refractivity contribution in [3.63, 3.8) is 0 Å². The molecule has 12 heavy (non-hydrogen) atoms. The summed E-state index contributed by atoms with van der Waals surface area (Å²) in [5.41, 5.74) is 5.27. The van der Waals surface area contributed by atoms with Gasteiger partial charge in [-0.2, -0.15) is 0 Å². The highest BCUT2D eigenvalue weighted by molar-refractivity contribution is 6.17. The maximum absolute atomic E-state index is 11.0. The highest BCUT2D eigenvalue weighted by Crippen LogP contribution is 1.96. The van der Waals surface area contributed by atoms with Crippen LogP contribution in [0, 0.1) is 0 Å². The van der Waals surface area contributed by atoms with Gasteiger partial charge in [-0.25, -0.2) is 0 Å². The summed E-state index contributed by atoms with van der Waals surface area (Å²) in [6.07, 6.45) is 3.21. The molecule has 3 nitrogen and oxygen atoms in total. The normalized spacial score (nSPS) is 9.83. The van der Waals surface area contributed by atoms with E-state index in [0.717, 1.165) is 19.3 Å². The molecule has 0 saturated heterocycles. The van der Waals surface area contributed by atoms with Crippen LogP contribution in [0.2, 0.25) is 0 Å². The molecule has 0 bridgehead atoms. The average Bonchev–Trinajstić information content (AvgIpc) is 2.06. The predicted octanol–water partition coefficient (Wildman–Crippen LogP) is 0.860. The van der Waals surface area contributed by atoms with Gasteiger partial charge in [0.1, 0.15) is 0 Å². The fourth-order valence-corrected chi connectivity index (χ4v) is 0.987. The second kappa shape index (κ2) is 8.81. The third-order valence-electron chi connectivity index (χ3n) is 1.49. The lowest BCUT2D eigenvalue weighted by Gasteiger charge is -2.02. The quantitative estimate of drug-likeness (QED) is 0.465. The van der Waals surface area contributed by atoms with E-state index in [1.165, 1.54) is 0 Å². The zero-order valence-corrected chi connectivity index (χ0v) is 8.07. The summed E-state index contributed by atoms with van der Waals surface area (Å²) in [7, 11) is 0. The van der Waals surface area contributed by atoms with E-state index in [1.54, 1.807) is 0 Å². The summed E-state index contributed by atoms with van der Waals surface area (Å²) in [4.78, 5) is 11.0. The first-order valence-electron chi connectivity index (χ1n) is 4.34. The Kier molecular flexibility index (Phi) is 8.61. The number of halogens is 1. The maximum Gasteiger partial charge on any atom is 0.219 e. The number of rotatable bonds is 7. The Balaban J connectivity index is 3.10. The molecule has 0 aromatic rings. The fraction of sp³-hybridized carbons (Fsp3) is 0.875. The third-order valence-corrected chi connectivity index (χ3v) is 1.76. The molecule has 3 N–H and O–H groups in total. The van der Waals surface area contributed by atoms with Crippen LogP contribution in [0.15, 0.2) is 0 Å². The number of nitrogens with one attached hydrogen (secondary N) is 1. The minimum absolute atomic E-state index is 0.105. The number of nitrogens with two attached hydrogens (primary N) is 1. The van der Waals surface area contributed by atoms with Crippen LogP contribution in [-0.2, 0) is 4.79 Å². The monoisotopic (exact) mass is 192 g/mol. The molecule has 0 radical (unpaired) electrons. The van der Waals surface area contributed by atoms with Gasteiger partial charge in [0, 0.05) is 18.8 Å². The van der Waals surface area contributed by atoms with Crippen molar-refractivity contribution in [2.45, 2.75) is 25.7 Å². The smallest absolute Gasteiger partial charge is 0.219 e. The van der Waals surface area contributed by atoms with Gasteiger partial charge in [-0.15, -0.1) is 11.6 Å². The number of unbranched alkanes of at least 4 members (excludes halogenated alkanes) is 1. The van der Waals surface area contributed by atoms with Crippen molar-refractivity contribution in [1.82, 2.24) is 5.32 Å². The van der Waals surface area contributed by atoms with E-state index in [9.17, 15) is 4.79 Å². The van der Waals surface area contributed by atoms with Gasteiger partial charge in [-0.05, 0) is 25.8 Å². The molecular formula is C8H17ClN2O. The van der Waals surface area contributed by atoms with Crippen molar-refractivity contribution in [2.24, 2.45) is 5.73 Å². The summed E-state index contributed by atoms with van der Waals surface area (Å²) in [5.74, 6) is 0.740. The first kappa shape index (κ1) is 11.7. The lowest BCUT2D eigenvalue weighted by Crippen LogP contribution is -2.25. The Morgan fingerprint density at radius 3 is 2.67 bits per heavy atom. The molecule has 72 valence electrons. The van der Waals surface area contributed by atoms with Crippen molar-refractivity contribution >= 4 is 17.5 Å². The second-order valence-corrected chi connectivity index (χ2v) is 3.02. The molecule has 0 rings (SSSR count). The number of hydrogen-bond acceptors (Lipinski definition) is 2. The SMILES string of the molecule is NCCCNC(=O)CCCCCl. The Hall–Kier alpha value is -0.280. The zero-order valence-electron chi connectivity index (χ0n) is 7.31. The van der Waals surface area contributed by atoms with Crippen LogP contribution in [0.4, 0.5) is 0 Å². The molecule has 0 unspecified atom stereocenters. The van der Waals surface area contributed by atoms with E-state index in [2.05, 4.69) is 5.32 Å². The van der Waals surface area contributed by atoms with E-state index < -0.39 is 0 Å². The lowest BCUT2D eigenvalue weighted by atomic mass is 10.2. The summed E-state index contributed by atoms with van der Waals surface area (Å²) in [5, 5.41) is 2.78. The first-order valence-corrected chi connectivity index (χ1v) is 4.87. The van der Waals surface area contributed by atoms with Crippen LogP contribution in [0.1, 0.15) is 25.7 Å². The molecule has 0 aliphatic heterocycles. The highest BCUT2D eigenvalue weighted by Gasteiger charge is 1.98. The molecule has 4 heteroatoms. The van der Waals surface area contributed by atoms with Crippen molar-refractivity contribution in [3.05, 3.63) is 0 Å². The highest BCUT2D eigenvalue weighted by atomic mass is 35.5. The summed E-state index contributed by atoms with van der Waals surface area (Å²) >= 11 is 5.46. The first-order chi connectivity index (χ1) is 5.81. The van der Waals surface area contributed by atoms with Gasteiger partial charge in [-0.1, -0.05) is 0 Å². The molecule has 0 saturated carbocycles. The van der Waals surface area contributed by atoms with Crippen LogP contribution in [-0.4, -0.2) is 24.9 Å². The molecule has 0 aliphatic carbocycles. The molecule has 1 amide bonds. The standard InChI is InChI=1S/C8H17ClN2O/c9-5-2-1-4-8(12)11-7-3-6-10/h1-7,10H2,(H,11,12). The van der Waals surface area contributed by atoms with Crippen LogP contribution in [0.25, 0.3) is 0 Å². The number of amides is 1. The Morgan fingerprint density at radius 2 is 2.08 bits per heavy atom. The number of hydrogen-bond donors (Lipinski definition) is 2. The Labute approximate surface area is 78.6 Å². The maximum atomic E-state index is 11.0. The number of carbonyl (C=O) groups is 1.